The van der Waals surface area contributed by atoms with Gasteiger partial charge in [-0.3, -0.25) is 4.79 Å². The van der Waals surface area contributed by atoms with Gasteiger partial charge in [0.15, 0.2) is 12.9 Å². The maximum absolute atomic E-state index is 11.7. The van der Waals surface area contributed by atoms with E-state index in [1.165, 1.54) is 14.2 Å². The highest BCUT2D eigenvalue weighted by molar-refractivity contribution is 6.34. The van der Waals surface area contributed by atoms with Crippen LogP contribution in [0.2, 0.25) is 10.0 Å². The van der Waals surface area contributed by atoms with Crippen molar-refractivity contribution in [3.63, 3.8) is 0 Å². The molecule has 5 nitrogen and oxygen atoms in total. The molecule has 20 heavy (non-hydrogen) atoms. The van der Waals surface area contributed by atoms with E-state index in [0.29, 0.717) is 15.8 Å². The van der Waals surface area contributed by atoms with E-state index in [9.17, 15) is 4.79 Å². The molecule has 0 spiro atoms. The van der Waals surface area contributed by atoms with E-state index in [2.05, 4.69) is 5.32 Å². The zero-order valence-electron chi connectivity index (χ0n) is 11.5. The molecule has 0 saturated heterocycles. The van der Waals surface area contributed by atoms with Crippen LogP contribution in [0.3, 0.4) is 0 Å². The van der Waals surface area contributed by atoms with Crippen LogP contribution in [-0.4, -0.2) is 39.1 Å². The molecule has 0 heterocycles. The minimum absolute atomic E-state index is 0.176. The second-order valence-electron chi connectivity index (χ2n) is 4.06. The third kappa shape index (κ3) is 5.17. The molecule has 1 aromatic rings. The summed E-state index contributed by atoms with van der Waals surface area (Å²) in [4.78, 5) is 11.7. The summed E-state index contributed by atoms with van der Waals surface area (Å²) < 4.78 is 15.4. The van der Waals surface area contributed by atoms with Crippen LogP contribution in [0, 0.1) is 0 Å². The van der Waals surface area contributed by atoms with Gasteiger partial charge < -0.3 is 19.5 Å². The number of carbonyl (C=O) groups is 1. The zero-order chi connectivity index (χ0) is 15.1. The second kappa shape index (κ2) is 8.32. The van der Waals surface area contributed by atoms with Crippen molar-refractivity contribution < 1.29 is 19.0 Å². The smallest absolute Gasteiger partial charge is 0.258 e. The summed E-state index contributed by atoms with van der Waals surface area (Å²) in [7, 11) is 3.00. The Balaban J connectivity index is 2.49. The number of carbonyl (C=O) groups excluding carboxylic acids is 1. The molecule has 0 aliphatic carbocycles. The van der Waals surface area contributed by atoms with E-state index in [-0.39, 0.29) is 18.6 Å². The number of ether oxygens (including phenoxy) is 3. The lowest BCUT2D eigenvalue weighted by atomic mass is 10.3. The first-order chi connectivity index (χ1) is 9.47. The number of benzene rings is 1. The molecular weight excluding hydrogens is 305 g/mol. The average Bonchev–Trinajstić information content (AvgIpc) is 2.41. The molecule has 1 N–H and O–H groups in total. The molecule has 112 valence electrons. The number of halogens is 2. The van der Waals surface area contributed by atoms with Crippen LogP contribution in [0.1, 0.15) is 6.92 Å². The number of rotatable bonds is 7. The van der Waals surface area contributed by atoms with Gasteiger partial charge in [0.1, 0.15) is 5.75 Å². The molecule has 1 atom stereocenters. The topological polar surface area (TPSA) is 56.8 Å². The van der Waals surface area contributed by atoms with Crippen molar-refractivity contribution in [3.05, 3.63) is 28.2 Å². The third-order valence-electron chi connectivity index (χ3n) is 2.51. The van der Waals surface area contributed by atoms with Gasteiger partial charge in [0.25, 0.3) is 5.91 Å². The van der Waals surface area contributed by atoms with Gasteiger partial charge in [0.2, 0.25) is 0 Å². The molecule has 0 aliphatic rings. The molecule has 0 aliphatic heterocycles. The van der Waals surface area contributed by atoms with Gasteiger partial charge >= 0.3 is 0 Å². The minimum atomic E-state index is -0.520. The first-order valence-corrected chi connectivity index (χ1v) is 6.66. The van der Waals surface area contributed by atoms with Crippen LogP contribution in [0.5, 0.6) is 5.75 Å². The third-order valence-corrected chi connectivity index (χ3v) is 3.06. The molecule has 7 heteroatoms. The van der Waals surface area contributed by atoms with Crippen molar-refractivity contribution in [3.8, 4) is 5.75 Å². The Bertz CT molecular complexity index is 452. The van der Waals surface area contributed by atoms with Gasteiger partial charge in [0, 0.05) is 25.3 Å². The molecule has 0 radical (unpaired) electrons. The van der Waals surface area contributed by atoms with E-state index in [1.807, 2.05) is 0 Å². The van der Waals surface area contributed by atoms with E-state index >= 15 is 0 Å². The monoisotopic (exact) mass is 321 g/mol. The van der Waals surface area contributed by atoms with Crippen LogP contribution in [0.25, 0.3) is 0 Å². The van der Waals surface area contributed by atoms with Gasteiger partial charge in [-0.1, -0.05) is 23.2 Å². The highest BCUT2D eigenvalue weighted by atomic mass is 35.5. The lowest BCUT2D eigenvalue weighted by molar-refractivity contribution is -0.137. The SMILES string of the molecule is COC(OC)[C@@H](C)NC(=O)COc1cc(Cl)ccc1Cl. The normalized spacial score (nSPS) is 12.3. The van der Waals surface area contributed by atoms with Crippen molar-refractivity contribution in [1.82, 2.24) is 5.32 Å². The molecule has 0 fully saturated rings. The summed E-state index contributed by atoms with van der Waals surface area (Å²) in [5, 5.41) is 3.57. The summed E-state index contributed by atoms with van der Waals surface area (Å²) in [5.74, 6) is 0.0460. The molecule has 0 bridgehead atoms. The van der Waals surface area contributed by atoms with Crippen LogP contribution < -0.4 is 10.1 Å². The fourth-order valence-corrected chi connectivity index (χ4v) is 1.93. The summed E-state index contributed by atoms with van der Waals surface area (Å²) >= 11 is 11.7. The molecule has 1 amide bonds. The second-order valence-corrected chi connectivity index (χ2v) is 4.90. The Labute approximate surface area is 128 Å². The maximum atomic E-state index is 11.7. The van der Waals surface area contributed by atoms with Crippen molar-refractivity contribution in [2.45, 2.75) is 19.3 Å². The van der Waals surface area contributed by atoms with Gasteiger partial charge in [-0.05, 0) is 19.1 Å². The van der Waals surface area contributed by atoms with E-state index in [1.54, 1.807) is 25.1 Å². The fourth-order valence-electron chi connectivity index (χ4n) is 1.60. The highest BCUT2D eigenvalue weighted by Gasteiger charge is 2.18. The summed E-state index contributed by atoms with van der Waals surface area (Å²) in [6.45, 7) is 1.59. The quantitative estimate of drug-likeness (QED) is 0.784. The number of hydrogen-bond acceptors (Lipinski definition) is 4. The van der Waals surface area contributed by atoms with E-state index in [0.717, 1.165) is 0 Å². The Morgan fingerprint density at radius 2 is 1.95 bits per heavy atom. The predicted molar refractivity (Wildman–Crippen MR) is 77.4 cm³/mol. The lowest BCUT2D eigenvalue weighted by Crippen LogP contribution is -2.44. The summed E-state index contributed by atoms with van der Waals surface area (Å²) in [5.41, 5.74) is 0. The summed E-state index contributed by atoms with van der Waals surface area (Å²) in [6, 6.07) is 4.48. The number of nitrogens with one attached hydrogen (secondary N) is 1. The van der Waals surface area contributed by atoms with Crippen molar-refractivity contribution >= 4 is 29.1 Å². The molecule has 1 rings (SSSR count). The average molecular weight is 322 g/mol. The predicted octanol–water partition coefficient (Wildman–Crippen LogP) is 2.50. The van der Waals surface area contributed by atoms with Crippen LogP contribution in [0.4, 0.5) is 0 Å². The molecule has 0 saturated carbocycles. The molecule has 1 aromatic carbocycles. The fraction of sp³-hybridized carbons (Fsp3) is 0.462. The van der Waals surface area contributed by atoms with Crippen LogP contribution in [0.15, 0.2) is 18.2 Å². The number of methoxy groups -OCH3 is 2. The van der Waals surface area contributed by atoms with Crippen molar-refractivity contribution in [2.75, 3.05) is 20.8 Å². The standard InChI is InChI=1S/C13H17Cl2NO4/c1-8(13(18-2)19-3)16-12(17)7-20-11-6-9(14)4-5-10(11)15/h4-6,8,13H,7H2,1-3H3,(H,16,17)/t8-/m1/s1. The largest absolute Gasteiger partial charge is 0.482 e. The molecule has 0 unspecified atom stereocenters. The number of hydrogen-bond donors (Lipinski definition) is 1. The Kier molecular flexibility index (Phi) is 7.09. The van der Waals surface area contributed by atoms with Gasteiger partial charge in [-0.2, -0.15) is 0 Å². The minimum Gasteiger partial charge on any atom is -0.482 e. The first kappa shape index (κ1) is 17.0. The molecule has 0 aromatic heterocycles. The first-order valence-electron chi connectivity index (χ1n) is 5.90. The van der Waals surface area contributed by atoms with Gasteiger partial charge in [-0.25, -0.2) is 0 Å². The Morgan fingerprint density at radius 1 is 1.30 bits per heavy atom. The number of amides is 1. The van der Waals surface area contributed by atoms with E-state index in [4.69, 9.17) is 37.4 Å². The Hall–Kier alpha value is -1.01. The maximum Gasteiger partial charge on any atom is 0.258 e. The van der Waals surface area contributed by atoms with Gasteiger partial charge in [0.05, 0.1) is 11.1 Å². The van der Waals surface area contributed by atoms with E-state index < -0.39 is 6.29 Å². The Morgan fingerprint density at radius 3 is 2.55 bits per heavy atom. The van der Waals surface area contributed by atoms with Crippen LogP contribution in [-0.2, 0) is 14.3 Å². The van der Waals surface area contributed by atoms with Crippen molar-refractivity contribution in [1.29, 1.82) is 0 Å². The zero-order valence-corrected chi connectivity index (χ0v) is 13.0. The van der Waals surface area contributed by atoms with Gasteiger partial charge in [-0.15, -0.1) is 0 Å². The van der Waals surface area contributed by atoms with Crippen LogP contribution >= 0.6 is 23.2 Å². The lowest BCUT2D eigenvalue weighted by Gasteiger charge is -2.22. The molecular formula is C13H17Cl2NO4. The van der Waals surface area contributed by atoms with Crippen molar-refractivity contribution in [2.24, 2.45) is 0 Å². The highest BCUT2D eigenvalue weighted by Crippen LogP contribution is 2.27. The summed E-state index contributed by atoms with van der Waals surface area (Å²) in [6.07, 6.45) is -0.520.